The zero-order valence-electron chi connectivity index (χ0n) is 11.1. The lowest BCUT2D eigenvalue weighted by molar-refractivity contribution is 0.0333. The molecule has 0 amide bonds. The van der Waals surface area contributed by atoms with Crippen molar-refractivity contribution in [2.45, 2.75) is 36.2 Å². The summed E-state index contributed by atoms with van der Waals surface area (Å²) in [5, 5.41) is 10.3. The van der Waals surface area contributed by atoms with Gasteiger partial charge in [0.25, 0.3) is 0 Å². The lowest BCUT2D eigenvalue weighted by atomic mass is 10.0. The minimum absolute atomic E-state index is 0.0347. The smallest absolute Gasteiger partial charge is 0.243 e. The van der Waals surface area contributed by atoms with Gasteiger partial charge in [0.15, 0.2) is 0 Å². The van der Waals surface area contributed by atoms with E-state index in [2.05, 4.69) is 15.9 Å². The van der Waals surface area contributed by atoms with Gasteiger partial charge in [-0.1, -0.05) is 12.8 Å². The molecule has 1 saturated carbocycles. The molecule has 1 aliphatic rings. The molecule has 0 aromatic heterocycles. The third kappa shape index (κ3) is 3.21. The van der Waals surface area contributed by atoms with Crippen LogP contribution in [-0.2, 0) is 10.0 Å². The Hall–Kier alpha value is -0.500. The minimum atomic E-state index is -3.79. The molecule has 0 radical (unpaired) electrons. The standard InChI is InChI=1S/C13H17BrFNO3S/c1-16(9-13(17)6-2-3-7-13)20(18,19)10-4-5-11(14)12(15)8-10/h4-5,8,17H,2-3,6-7,9H2,1H3. The molecule has 0 aliphatic heterocycles. The molecule has 1 aliphatic carbocycles. The van der Waals surface area contributed by atoms with E-state index in [1.165, 1.54) is 19.2 Å². The Bertz CT molecular complexity index is 600. The summed E-state index contributed by atoms with van der Waals surface area (Å²) in [6.45, 7) is 0.0347. The van der Waals surface area contributed by atoms with E-state index in [1.54, 1.807) is 0 Å². The van der Waals surface area contributed by atoms with Crippen LogP contribution < -0.4 is 0 Å². The predicted molar refractivity (Wildman–Crippen MR) is 77.3 cm³/mol. The molecular formula is C13H17BrFNO3S. The minimum Gasteiger partial charge on any atom is -0.389 e. The first kappa shape index (κ1) is 15.9. The molecule has 1 fully saturated rings. The molecule has 0 unspecified atom stereocenters. The first-order valence-corrected chi connectivity index (χ1v) is 8.62. The zero-order valence-corrected chi connectivity index (χ0v) is 13.5. The third-order valence-corrected chi connectivity index (χ3v) is 6.09. The second-order valence-electron chi connectivity index (χ2n) is 5.27. The summed E-state index contributed by atoms with van der Waals surface area (Å²) >= 11 is 2.99. The van der Waals surface area contributed by atoms with Gasteiger partial charge >= 0.3 is 0 Å². The Morgan fingerprint density at radius 1 is 1.40 bits per heavy atom. The molecule has 1 aromatic rings. The fraction of sp³-hybridized carbons (Fsp3) is 0.538. The highest BCUT2D eigenvalue weighted by Crippen LogP contribution is 2.31. The van der Waals surface area contributed by atoms with Crippen LogP contribution in [0.5, 0.6) is 0 Å². The van der Waals surface area contributed by atoms with Crippen LogP contribution in [0, 0.1) is 5.82 Å². The van der Waals surface area contributed by atoms with Crippen LogP contribution in [0.3, 0.4) is 0 Å². The highest BCUT2D eigenvalue weighted by molar-refractivity contribution is 9.10. The Morgan fingerprint density at radius 2 is 2.00 bits per heavy atom. The van der Waals surface area contributed by atoms with Crippen molar-refractivity contribution in [3.8, 4) is 0 Å². The molecule has 1 N–H and O–H groups in total. The average molecular weight is 366 g/mol. The van der Waals surface area contributed by atoms with Crippen LogP contribution in [-0.4, -0.2) is 37.0 Å². The first-order valence-electron chi connectivity index (χ1n) is 6.38. The number of aliphatic hydroxyl groups is 1. The largest absolute Gasteiger partial charge is 0.389 e. The fourth-order valence-electron chi connectivity index (χ4n) is 2.51. The number of hydrogen-bond acceptors (Lipinski definition) is 3. The number of nitrogens with zero attached hydrogens (tertiary/aromatic N) is 1. The lowest BCUT2D eigenvalue weighted by Gasteiger charge is -2.28. The van der Waals surface area contributed by atoms with Crippen molar-refractivity contribution in [3.63, 3.8) is 0 Å². The van der Waals surface area contributed by atoms with Crippen LogP contribution in [0.15, 0.2) is 27.6 Å². The van der Waals surface area contributed by atoms with E-state index in [4.69, 9.17) is 0 Å². The number of sulfonamides is 1. The van der Waals surface area contributed by atoms with Crippen molar-refractivity contribution in [3.05, 3.63) is 28.5 Å². The molecule has 7 heteroatoms. The molecule has 4 nitrogen and oxygen atoms in total. The number of likely N-dealkylation sites (N-methyl/N-ethyl adjacent to an activating group) is 1. The van der Waals surface area contributed by atoms with Crippen LogP contribution >= 0.6 is 15.9 Å². The number of rotatable bonds is 4. The van der Waals surface area contributed by atoms with Crippen molar-refractivity contribution in [2.75, 3.05) is 13.6 Å². The zero-order chi connectivity index (χ0) is 15.0. The highest BCUT2D eigenvalue weighted by Gasteiger charge is 2.35. The van der Waals surface area contributed by atoms with Crippen molar-refractivity contribution in [1.82, 2.24) is 4.31 Å². The summed E-state index contributed by atoms with van der Waals surface area (Å²) in [6.07, 6.45) is 3.00. The number of hydrogen-bond donors (Lipinski definition) is 1. The van der Waals surface area contributed by atoms with E-state index in [0.717, 1.165) is 23.2 Å². The predicted octanol–water partition coefficient (Wildman–Crippen LogP) is 2.51. The van der Waals surface area contributed by atoms with Gasteiger partial charge in [-0.25, -0.2) is 12.8 Å². The lowest BCUT2D eigenvalue weighted by Crippen LogP contribution is -2.41. The molecule has 0 bridgehead atoms. The topological polar surface area (TPSA) is 57.6 Å². The van der Waals surface area contributed by atoms with Gasteiger partial charge in [0.1, 0.15) is 5.82 Å². The van der Waals surface area contributed by atoms with E-state index < -0.39 is 21.4 Å². The van der Waals surface area contributed by atoms with Crippen LogP contribution in [0.4, 0.5) is 4.39 Å². The number of benzene rings is 1. The van der Waals surface area contributed by atoms with Gasteiger partial charge in [-0.2, -0.15) is 4.31 Å². The summed E-state index contributed by atoms with van der Waals surface area (Å²) in [5.74, 6) is -0.626. The fourth-order valence-corrected chi connectivity index (χ4v) is 4.02. The second-order valence-corrected chi connectivity index (χ2v) is 8.17. The van der Waals surface area contributed by atoms with Gasteiger partial charge < -0.3 is 5.11 Å². The summed E-state index contributed by atoms with van der Waals surface area (Å²) in [4.78, 5) is -0.109. The Balaban J connectivity index is 2.22. The SMILES string of the molecule is CN(CC1(O)CCCC1)S(=O)(=O)c1ccc(Br)c(F)c1. The molecular weight excluding hydrogens is 349 g/mol. The van der Waals surface area contributed by atoms with E-state index >= 15 is 0 Å². The number of halogens is 2. The molecule has 0 spiro atoms. The monoisotopic (exact) mass is 365 g/mol. The van der Waals surface area contributed by atoms with E-state index in [9.17, 15) is 17.9 Å². The molecule has 0 saturated heterocycles. The van der Waals surface area contributed by atoms with Gasteiger partial charge in [0.2, 0.25) is 10.0 Å². The maximum absolute atomic E-state index is 13.5. The molecule has 0 atom stereocenters. The molecule has 20 heavy (non-hydrogen) atoms. The quantitative estimate of drug-likeness (QED) is 0.891. The van der Waals surface area contributed by atoms with Crippen LogP contribution in [0.1, 0.15) is 25.7 Å². The van der Waals surface area contributed by atoms with E-state index in [0.29, 0.717) is 12.8 Å². The Kier molecular flexibility index (Phi) is 4.53. The summed E-state index contributed by atoms with van der Waals surface area (Å²) in [6, 6.07) is 3.69. The average Bonchev–Trinajstić information content (AvgIpc) is 2.79. The summed E-state index contributed by atoms with van der Waals surface area (Å²) in [5.41, 5.74) is -0.963. The van der Waals surface area contributed by atoms with Gasteiger partial charge in [0.05, 0.1) is 15.0 Å². The molecule has 1 aromatic carbocycles. The maximum Gasteiger partial charge on any atom is 0.243 e. The van der Waals surface area contributed by atoms with Crippen molar-refractivity contribution < 1.29 is 17.9 Å². The second kappa shape index (κ2) is 5.71. The van der Waals surface area contributed by atoms with Gasteiger partial charge in [0, 0.05) is 13.6 Å². The molecule has 112 valence electrons. The Labute approximate surface area is 126 Å². The van der Waals surface area contributed by atoms with Gasteiger partial charge in [-0.15, -0.1) is 0 Å². The van der Waals surface area contributed by atoms with Crippen molar-refractivity contribution >= 4 is 26.0 Å². The Morgan fingerprint density at radius 3 is 2.55 bits per heavy atom. The highest BCUT2D eigenvalue weighted by atomic mass is 79.9. The van der Waals surface area contributed by atoms with Gasteiger partial charge in [-0.3, -0.25) is 0 Å². The molecule has 0 heterocycles. The van der Waals surface area contributed by atoms with E-state index in [-0.39, 0.29) is 15.9 Å². The van der Waals surface area contributed by atoms with Crippen LogP contribution in [0.2, 0.25) is 0 Å². The molecule has 2 rings (SSSR count). The van der Waals surface area contributed by atoms with E-state index in [1.807, 2.05) is 0 Å². The van der Waals surface area contributed by atoms with Crippen molar-refractivity contribution in [2.24, 2.45) is 0 Å². The maximum atomic E-state index is 13.5. The summed E-state index contributed by atoms with van der Waals surface area (Å²) < 4.78 is 39.5. The summed E-state index contributed by atoms with van der Waals surface area (Å²) in [7, 11) is -2.38. The van der Waals surface area contributed by atoms with Crippen LogP contribution in [0.25, 0.3) is 0 Å². The van der Waals surface area contributed by atoms with Gasteiger partial charge in [-0.05, 0) is 47.0 Å². The first-order chi connectivity index (χ1) is 9.24. The third-order valence-electron chi connectivity index (χ3n) is 3.65. The normalized spacial score (nSPS) is 18.6. The van der Waals surface area contributed by atoms with Crippen molar-refractivity contribution in [1.29, 1.82) is 0 Å².